The van der Waals surface area contributed by atoms with Gasteiger partial charge in [0, 0.05) is 0 Å². The van der Waals surface area contributed by atoms with Crippen LogP contribution in [0.2, 0.25) is 0 Å². The third kappa shape index (κ3) is 1.34. The Kier molecular flexibility index (Phi) is 2.03. The molecule has 0 fully saturated rings. The average molecular weight is 142 g/mol. The van der Waals surface area contributed by atoms with Crippen LogP contribution in [0.1, 0.15) is 17.3 Å². The van der Waals surface area contributed by atoms with Crippen molar-refractivity contribution in [2.45, 2.75) is 20.4 Å². The Balaban J connectivity index is 2.77. The Labute approximate surface area is 58.8 Å². The van der Waals surface area contributed by atoms with Crippen molar-refractivity contribution in [3.63, 3.8) is 0 Å². The molecule has 0 aliphatic carbocycles. The van der Waals surface area contributed by atoms with Crippen LogP contribution in [0.5, 0.6) is 0 Å². The van der Waals surface area contributed by atoms with E-state index in [1.807, 2.05) is 19.3 Å². The fourth-order valence-corrected chi connectivity index (χ4v) is 0.682. The Morgan fingerprint density at radius 2 is 2.30 bits per heavy atom. The van der Waals surface area contributed by atoms with Gasteiger partial charge in [0.15, 0.2) is 0 Å². The number of rotatable bonds is 2. The summed E-state index contributed by atoms with van der Waals surface area (Å²) >= 11 is 0. The van der Waals surface area contributed by atoms with Crippen molar-refractivity contribution in [3.05, 3.63) is 17.3 Å². The van der Waals surface area contributed by atoms with Crippen molar-refractivity contribution >= 4 is 0 Å². The zero-order chi connectivity index (χ0) is 7.56. The van der Waals surface area contributed by atoms with Gasteiger partial charge in [0.2, 0.25) is 5.89 Å². The summed E-state index contributed by atoms with van der Waals surface area (Å²) in [6.45, 7) is 3.96. The van der Waals surface area contributed by atoms with E-state index in [-0.39, 0.29) is 6.54 Å². The number of hydroxylamine groups is 1. The zero-order valence-electron chi connectivity index (χ0n) is 6.01. The maximum Gasteiger partial charge on any atom is 0.210 e. The van der Waals surface area contributed by atoms with E-state index in [1.54, 1.807) is 0 Å². The van der Waals surface area contributed by atoms with Crippen molar-refractivity contribution < 1.29 is 9.62 Å². The maximum atomic E-state index is 8.27. The highest BCUT2D eigenvalue weighted by Crippen LogP contribution is 2.06. The first-order valence-electron chi connectivity index (χ1n) is 3.04. The van der Waals surface area contributed by atoms with Gasteiger partial charge in [-0.3, -0.25) is 0 Å². The van der Waals surface area contributed by atoms with E-state index in [0.29, 0.717) is 5.89 Å². The number of nitrogens with zero attached hydrogens (tertiary/aromatic N) is 1. The molecule has 0 aliphatic rings. The van der Waals surface area contributed by atoms with Crippen LogP contribution in [0.4, 0.5) is 0 Å². The molecule has 10 heavy (non-hydrogen) atoms. The van der Waals surface area contributed by atoms with Crippen LogP contribution in [0.15, 0.2) is 4.42 Å². The molecule has 56 valence electrons. The summed E-state index contributed by atoms with van der Waals surface area (Å²) in [5.74, 6) is 1.31. The van der Waals surface area contributed by atoms with Gasteiger partial charge in [0.25, 0.3) is 0 Å². The minimum absolute atomic E-state index is 0.259. The summed E-state index contributed by atoms with van der Waals surface area (Å²) < 4.78 is 5.12. The number of aromatic nitrogens is 1. The number of oxazole rings is 1. The summed E-state index contributed by atoms with van der Waals surface area (Å²) in [6.07, 6.45) is 0. The fraction of sp³-hybridized carbons (Fsp3) is 0.500. The minimum atomic E-state index is 0.259. The second-order valence-electron chi connectivity index (χ2n) is 2.08. The third-order valence-corrected chi connectivity index (χ3v) is 1.30. The highest BCUT2D eigenvalue weighted by molar-refractivity contribution is 5.04. The van der Waals surface area contributed by atoms with Gasteiger partial charge in [0.05, 0.1) is 12.2 Å². The fourth-order valence-electron chi connectivity index (χ4n) is 0.682. The molecule has 0 saturated heterocycles. The molecule has 0 saturated carbocycles. The largest absolute Gasteiger partial charge is 0.444 e. The van der Waals surface area contributed by atoms with Crippen molar-refractivity contribution in [1.82, 2.24) is 10.5 Å². The monoisotopic (exact) mass is 142 g/mol. The maximum absolute atomic E-state index is 8.27. The molecule has 4 heteroatoms. The molecule has 1 rings (SSSR count). The van der Waals surface area contributed by atoms with Crippen LogP contribution in [-0.4, -0.2) is 10.2 Å². The molecular formula is C6H10N2O2. The van der Waals surface area contributed by atoms with E-state index >= 15 is 0 Å². The number of nitrogens with one attached hydrogen (secondary N) is 1. The van der Waals surface area contributed by atoms with E-state index in [1.165, 1.54) is 0 Å². The van der Waals surface area contributed by atoms with Gasteiger partial charge < -0.3 is 9.62 Å². The third-order valence-electron chi connectivity index (χ3n) is 1.30. The van der Waals surface area contributed by atoms with Gasteiger partial charge in [-0.05, 0) is 13.8 Å². The summed E-state index contributed by atoms with van der Waals surface area (Å²) in [6, 6.07) is 0. The quantitative estimate of drug-likeness (QED) is 0.599. The van der Waals surface area contributed by atoms with Crippen LogP contribution in [0.25, 0.3) is 0 Å². The van der Waals surface area contributed by atoms with Crippen LogP contribution < -0.4 is 5.48 Å². The number of aryl methyl sites for hydroxylation is 2. The molecule has 0 amide bonds. The summed E-state index contributed by atoms with van der Waals surface area (Å²) in [4.78, 5) is 4.01. The highest BCUT2D eigenvalue weighted by atomic mass is 16.5. The summed E-state index contributed by atoms with van der Waals surface area (Å²) in [7, 11) is 0. The predicted octanol–water partition coefficient (Wildman–Crippen LogP) is 0.770. The molecule has 0 unspecified atom stereocenters. The van der Waals surface area contributed by atoms with E-state index < -0.39 is 0 Å². The zero-order valence-corrected chi connectivity index (χ0v) is 6.01. The normalized spacial score (nSPS) is 10.3. The van der Waals surface area contributed by atoms with Crippen molar-refractivity contribution in [1.29, 1.82) is 0 Å². The van der Waals surface area contributed by atoms with Crippen LogP contribution in [0, 0.1) is 13.8 Å². The van der Waals surface area contributed by atoms with Crippen molar-refractivity contribution in [2.24, 2.45) is 0 Å². The minimum Gasteiger partial charge on any atom is -0.444 e. The first-order chi connectivity index (χ1) is 4.74. The number of hydrogen-bond acceptors (Lipinski definition) is 4. The lowest BCUT2D eigenvalue weighted by Crippen LogP contribution is -2.05. The lowest BCUT2D eigenvalue weighted by molar-refractivity contribution is 0.151. The molecule has 4 nitrogen and oxygen atoms in total. The highest BCUT2D eigenvalue weighted by Gasteiger charge is 2.02. The molecular weight excluding hydrogens is 132 g/mol. The van der Waals surface area contributed by atoms with Gasteiger partial charge >= 0.3 is 0 Å². The average Bonchev–Trinajstić information content (AvgIpc) is 2.14. The van der Waals surface area contributed by atoms with E-state index in [0.717, 1.165) is 11.5 Å². The Morgan fingerprint density at radius 1 is 1.60 bits per heavy atom. The van der Waals surface area contributed by atoms with Gasteiger partial charge in [-0.2, -0.15) is 5.48 Å². The van der Waals surface area contributed by atoms with Gasteiger partial charge in [0.1, 0.15) is 5.76 Å². The van der Waals surface area contributed by atoms with Gasteiger partial charge in [-0.25, -0.2) is 4.98 Å². The lowest BCUT2D eigenvalue weighted by atomic mass is 10.4. The van der Waals surface area contributed by atoms with Gasteiger partial charge in [-0.1, -0.05) is 0 Å². The summed E-state index contributed by atoms with van der Waals surface area (Å²) in [5, 5.41) is 8.27. The van der Waals surface area contributed by atoms with E-state index in [9.17, 15) is 0 Å². The summed E-state index contributed by atoms with van der Waals surface area (Å²) in [5.41, 5.74) is 2.83. The molecule has 0 atom stereocenters. The second kappa shape index (κ2) is 2.81. The van der Waals surface area contributed by atoms with Crippen molar-refractivity contribution in [2.75, 3.05) is 0 Å². The molecule has 0 aromatic carbocycles. The Morgan fingerprint density at radius 3 is 2.70 bits per heavy atom. The van der Waals surface area contributed by atoms with E-state index in [2.05, 4.69) is 4.98 Å². The van der Waals surface area contributed by atoms with Gasteiger partial charge in [-0.15, -0.1) is 0 Å². The molecule has 1 aromatic heterocycles. The molecule has 1 heterocycles. The topological polar surface area (TPSA) is 58.3 Å². The first-order valence-corrected chi connectivity index (χ1v) is 3.04. The van der Waals surface area contributed by atoms with Crippen LogP contribution in [0.3, 0.4) is 0 Å². The number of hydrogen-bond donors (Lipinski definition) is 2. The van der Waals surface area contributed by atoms with E-state index in [4.69, 9.17) is 9.62 Å². The molecule has 0 bridgehead atoms. The molecule has 1 aromatic rings. The Hall–Kier alpha value is -0.870. The SMILES string of the molecule is Cc1nc(CNO)oc1C. The first kappa shape index (κ1) is 7.24. The predicted molar refractivity (Wildman–Crippen MR) is 34.6 cm³/mol. The molecule has 2 N–H and O–H groups in total. The van der Waals surface area contributed by atoms with Crippen molar-refractivity contribution in [3.8, 4) is 0 Å². The van der Waals surface area contributed by atoms with Crippen LogP contribution in [-0.2, 0) is 6.54 Å². The molecule has 0 spiro atoms. The lowest BCUT2D eigenvalue weighted by Gasteiger charge is -1.87. The smallest absolute Gasteiger partial charge is 0.210 e. The standard InChI is InChI=1S/C6H10N2O2/c1-4-5(2)10-6(8-4)3-7-9/h7,9H,3H2,1-2H3. The second-order valence-corrected chi connectivity index (χ2v) is 2.08. The molecule has 0 radical (unpaired) electrons. The van der Waals surface area contributed by atoms with Crippen LogP contribution >= 0.6 is 0 Å². The Bertz CT molecular complexity index is 200. The molecule has 0 aliphatic heterocycles.